The molecule has 7 aliphatic heterocycles. The third-order valence-corrected chi connectivity index (χ3v) is 24.7. The molecule has 7 fully saturated rings. The Kier molecular flexibility index (Phi) is 52.6. The van der Waals surface area contributed by atoms with Crippen LogP contribution >= 0.6 is 0 Å². The van der Waals surface area contributed by atoms with Gasteiger partial charge in [-0.1, -0.05) is 19.3 Å². The van der Waals surface area contributed by atoms with Gasteiger partial charge in [0.2, 0.25) is 35.4 Å². The molecule has 0 aromatic carbocycles. The molecule has 0 saturated carbocycles. The van der Waals surface area contributed by atoms with Gasteiger partial charge < -0.3 is 221 Å². The Bertz CT molecular complexity index is 3620. The van der Waals surface area contributed by atoms with Crippen molar-refractivity contribution in [2.45, 2.75) is 395 Å². The van der Waals surface area contributed by atoms with Crippen LogP contribution in [0.1, 0.15) is 162 Å². The van der Waals surface area contributed by atoms with Crippen LogP contribution in [0.25, 0.3) is 0 Å². The quantitative estimate of drug-likeness (QED) is 0.0251. The van der Waals surface area contributed by atoms with Gasteiger partial charge in [0.15, 0.2) is 49.8 Å². The lowest BCUT2D eigenvalue weighted by Crippen LogP contribution is -2.65. The highest BCUT2D eigenvalue weighted by atomic mass is 16.8. The lowest BCUT2D eigenvalue weighted by molar-refractivity contribution is -0.366. The third kappa shape index (κ3) is 36.2. The number of aliphatic hydroxyl groups is 23. The predicted molar refractivity (Wildman–Crippen MR) is 459 cm³/mol. The maximum Gasteiger partial charge on any atom is 0.242 e. The van der Waals surface area contributed by atoms with Crippen molar-refractivity contribution >= 4 is 52.8 Å². The molecule has 53 nitrogen and oxygen atoms in total. The number of ether oxygens (including phenoxy) is 14. The minimum atomic E-state index is -2.03. The smallest absolute Gasteiger partial charge is 0.242 e. The average molecular weight is 2000 g/mol. The van der Waals surface area contributed by atoms with Gasteiger partial charge in [-0.15, -0.1) is 0 Å². The number of nitrogens with two attached hydrogens (primary N) is 1. The fourth-order valence-electron chi connectivity index (χ4n) is 16.2. The molecule has 0 unspecified atom stereocenters. The second-order valence-electron chi connectivity index (χ2n) is 35.4. The molecule has 53 heteroatoms. The SMILES string of the molecule is CC(=O)[C@H](CCCCN)NC(=O)CCCCC(=O)N[C@@H](CCC(=O)CCCCCCC(=O)NCCO[C@H]1O[C@H](CO[C@H]2O[C@H](CO)[C@@H](O)[C@H](O)[C@@H]2O)[C@@H](O)[C@H](O[C@H]2O[C@H](CO)[C@@H](O)[C@H](O)[C@@H]2O)[C@@H]1O)C(=O)NCCCCCC(=O)N[C@@H](CCC(=O)CCCO[C@H]1O[C@H](CO[C@H]2O[C@H](CO)[C@@H](O)[C@H](O)[C@@H]2O)[C@@H](O)[C@H](O[C@H]2O[C@H](CO)[C@@H](O)[C@H](O)[C@@H]2O)[C@@H]1O)C(=O)NCCO[C@H]1O[C@@H](C)[C@@H](O)[C@@H](O)[C@@H]1O. The van der Waals surface area contributed by atoms with Gasteiger partial charge in [-0.25, -0.2) is 0 Å². The molecule has 6 amide bonds. The first kappa shape index (κ1) is 119. The summed E-state index contributed by atoms with van der Waals surface area (Å²) in [6, 6.07) is -3.27. The Morgan fingerprint density at radius 3 is 1.03 bits per heavy atom. The minimum Gasteiger partial charge on any atom is -0.394 e. The van der Waals surface area contributed by atoms with Gasteiger partial charge in [0.05, 0.1) is 71.6 Å². The van der Waals surface area contributed by atoms with Crippen molar-refractivity contribution in [3.63, 3.8) is 0 Å². The normalized spacial score (nSPS) is 35.7. The molecule has 798 valence electrons. The lowest BCUT2D eigenvalue weighted by Gasteiger charge is -2.46. The molecule has 138 heavy (non-hydrogen) atoms. The zero-order valence-electron chi connectivity index (χ0n) is 77.1. The van der Waals surface area contributed by atoms with Gasteiger partial charge >= 0.3 is 0 Å². The van der Waals surface area contributed by atoms with Gasteiger partial charge in [-0.2, -0.15) is 0 Å². The topological polar surface area (TPSA) is 846 Å². The number of amides is 6. The van der Waals surface area contributed by atoms with E-state index in [-0.39, 0.29) is 147 Å². The number of carbonyl (C=O) groups is 9. The van der Waals surface area contributed by atoms with Crippen LogP contribution < -0.4 is 37.6 Å². The van der Waals surface area contributed by atoms with Crippen LogP contribution in [0.4, 0.5) is 0 Å². The Morgan fingerprint density at radius 1 is 0.290 bits per heavy atom. The summed E-state index contributed by atoms with van der Waals surface area (Å²) < 4.78 is 78.4. The summed E-state index contributed by atoms with van der Waals surface area (Å²) in [4.78, 5) is 120. The second-order valence-corrected chi connectivity index (χ2v) is 35.4. The highest BCUT2D eigenvalue weighted by molar-refractivity contribution is 5.90. The van der Waals surface area contributed by atoms with Crippen molar-refractivity contribution in [1.82, 2.24) is 31.9 Å². The number of aliphatic hydroxyl groups excluding tert-OH is 23. The Labute approximate surface area is 794 Å². The summed E-state index contributed by atoms with van der Waals surface area (Å²) in [5.74, 6) is -4.38. The molecule has 38 atom stereocenters. The van der Waals surface area contributed by atoms with E-state index >= 15 is 0 Å². The molecule has 0 aliphatic carbocycles. The molecule has 31 N–H and O–H groups in total. The van der Waals surface area contributed by atoms with E-state index < -0.39 is 314 Å². The van der Waals surface area contributed by atoms with Gasteiger partial charge in [-0.05, 0) is 97.4 Å². The number of Topliss-reactive ketones (excluding diaryl/α,β-unsaturated/α-hetero) is 3. The van der Waals surface area contributed by atoms with Crippen LogP contribution in [0.3, 0.4) is 0 Å². The van der Waals surface area contributed by atoms with E-state index in [9.17, 15) is 161 Å². The summed E-state index contributed by atoms with van der Waals surface area (Å²) in [5, 5.41) is 257. The fraction of sp³-hybridized carbons (Fsp3) is 0.894. The van der Waals surface area contributed by atoms with Crippen molar-refractivity contribution in [3.8, 4) is 0 Å². The average Bonchev–Trinajstić information content (AvgIpc) is 0.783. The van der Waals surface area contributed by atoms with Crippen molar-refractivity contribution < 1.29 is 227 Å². The van der Waals surface area contributed by atoms with E-state index in [4.69, 9.17) is 72.0 Å². The summed E-state index contributed by atoms with van der Waals surface area (Å²) in [5.41, 5.74) is 5.59. The molecule has 7 heterocycles. The van der Waals surface area contributed by atoms with E-state index in [1.54, 1.807) is 0 Å². The van der Waals surface area contributed by atoms with Crippen LogP contribution in [-0.4, -0.2) is 489 Å². The molecule has 0 bridgehead atoms. The van der Waals surface area contributed by atoms with Gasteiger partial charge in [-0.3, -0.25) is 43.2 Å². The van der Waals surface area contributed by atoms with Crippen LogP contribution in [0.2, 0.25) is 0 Å². The number of carbonyl (C=O) groups excluding carboxylic acids is 9. The molecule has 7 rings (SSSR count). The zero-order chi connectivity index (χ0) is 102. The third-order valence-electron chi connectivity index (χ3n) is 24.7. The van der Waals surface area contributed by atoms with Gasteiger partial charge in [0.1, 0.15) is 188 Å². The first-order valence-corrected chi connectivity index (χ1v) is 47.0. The lowest BCUT2D eigenvalue weighted by atomic mass is 9.96. The zero-order valence-corrected chi connectivity index (χ0v) is 77.1. The van der Waals surface area contributed by atoms with Gasteiger partial charge in [0, 0.05) is 71.0 Å². The molecule has 7 aliphatic rings. The molecular weight excluding hydrogens is 1850 g/mol. The first-order chi connectivity index (χ1) is 65.7. The summed E-state index contributed by atoms with van der Waals surface area (Å²) >= 11 is 0. The molecule has 0 aromatic rings. The Hall–Kier alpha value is -5.69. The number of ketones is 3. The largest absolute Gasteiger partial charge is 0.394 e. The molecule has 0 aromatic heterocycles. The summed E-state index contributed by atoms with van der Waals surface area (Å²) in [7, 11) is 0. The summed E-state index contributed by atoms with van der Waals surface area (Å²) in [6.07, 6.45) is -57.5. The standard InChI is InChI=1S/C85H147N7O46/c1-39(97)43(17-11-12-26-86)90-53(101)20-9-10-21-55(103)91-44(24-22-41(98)15-6-3-4-7-18-52(100)87-28-31-127-83-74(122)76(138-85-72(120)67(115)60(108)49(36-96)134-85)62(110)51(136-83)38-129-81-70(118)65(113)58(106)47(34-94)132-81)77(123)88-27-13-5-8-19-54(102)92-45(78(124)89-29-32-126-79-68(116)63(111)56(104)40(2)130-79)25-23-42(99)16-14-30-125-82-73(121)75(137-84-71(119)66(114)59(107)48(35-95)133-84)61(109)50(135-82)37-128-80-69(117)64(112)57(105)46(33-93)131-80/h40,43-51,56-76,79-85,93-96,104-122H,3-38,86H2,1-2H3,(H,87,100)(H,88,123)(H,89,124)(H,90,101)(H,91,103)(H,92,102)/t40-,43-,44-,45-,46+,47+,48+,49+,50+,51+,56+,57+,58+,59+,60+,61+,62+,63+,64-,65-,66-,67-,68-,69-,70-,71-,72-,73-,74-,75-,76-,79-,80-,81-,82-,83-,84+,85+/m0/s1. The fourth-order valence-corrected chi connectivity index (χ4v) is 16.2. The predicted octanol–water partition coefficient (Wildman–Crippen LogP) is -13.8. The highest BCUT2D eigenvalue weighted by Gasteiger charge is 2.56. The van der Waals surface area contributed by atoms with Crippen molar-refractivity contribution in [2.24, 2.45) is 5.73 Å². The van der Waals surface area contributed by atoms with E-state index in [1.807, 2.05) is 0 Å². The molecular formula is C85H147N7O46. The van der Waals surface area contributed by atoms with Gasteiger partial charge in [0.25, 0.3) is 0 Å². The second kappa shape index (κ2) is 60.9. The minimum absolute atomic E-state index is 0.00540. The number of rotatable bonds is 61. The van der Waals surface area contributed by atoms with E-state index in [2.05, 4.69) is 31.9 Å². The van der Waals surface area contributed by atoms with E-state index in [0.717, 1.165) is 0 Å². The van der Waals surface area contributed by atoms with Crippen molar-refractivity contribution in [3.05, 3.63) is 0 Å². The van der Waals surface area contributed by atoms with E-state index in [1.165, 1.54) is 13.8 Å². The monoisotopic (exact) mass is 2000 g/mol. The molecule has 7 saturated heterocycles. The van der Waals surface area contributed by atoms with Crippen LogP contribution in [0.15, 0.2) is 0 Å². The van der Waals surface area contributed by atoms with Crippen LogP contribution in [0, 0.1) is 0 Å². The Balaban J connectivity index is 0.885. The van der Waals surface area contributed by atoms with Crippen LogP contribution in [0.5, 0.6) is 0 Å². The number of unbranched alkanes of at least 4 members (excludes halogenated alkanes) is 7. The number of nitrogens with one attached hydrogen (secondary N) is 6. The molecule has 0 radical (unpaired) electrons. The maximum atomic E-state index is 13.9. The van der Waals surface area contributed by atoms with Crippen molar-refractivity contribution in [2.75, 3.05) is 85.6 Å². The van der Waals surface area contributed by atoms with E-state index in [0.29, 0.717) is 57.9 Å². The number of hydrogen-bond acceptors (Lipinski definition) is 47. The summed E-state index contributed by atoms with van der Waals surface area (Å²) in [6.45, 7) is -3.06. The first-order valence-electron chi connectivity index (χ1n) is 47.0. The Morgan fingerprint density at radius 2 is 0.616 bits per heavy atom. The molecule has 0 spiro atoms. The number of hydrogen-bond donors (Lipinski definition) is 30. The maximum absolute atomic E-state index is 13.9. The van der Waals surface area contributed by atoms with Crippen molar-refractivity contribution in [1.29, 1.82) is 0 Å². The van der Waals surface area contributed by atoms with Crippen LogP contribution in [-0.2, 0) is 109 Å². The highest BCUT2D eigenvalue weighted by Crippen LogP contribution is 2.35.